The molecule has 3 heterocycles. The SMILES string of the molecule is CC(C)C[C@H](NC(=O)CNC(=O)c1cc(Cl)ccc1Cl)[B-]12OC(=O)[C@H]3COC[C@@H](C(=O)O1)[N+]32C. The van der Waals surface area contributed by atoms with Gasteiger partial charge in [0, 0.05) is 12.1 Å². The summed E-state index contributed by atoms with van der Waals surface area (Å²) in [7, 11) is 1.75. The number of likely N-dealkylation sites (N-methyl/N-ethyl adjacent to an activating group) is 1. The summed E-state index contributed by atoms with van der Waals surface area (Å²) in [5.41, 5.74) is 0.134. The van der Waals surface area contributed by atoms with Gasteiger partial charge in [-0.25, -0.2) is 9.59 Å². The molecule has 3 aliphatic rings. The second-order valence-corrected chi connectivity index (χ2v) is 10.3. The highest BCUT2D eigenvalue weighted by atomic mass is 35.5. The van der Waals surface area contributed by atoms with Gasteiger partial charge in [-0.3, -0.25) is 9.59 Å². The summed E-state index contributed by atoms with van der Waals surface area (Å²) >= 11 is 12.0. The zero-order valence-electron chi connectivity index (χ0n) is 19.0. The molecule has 3 saturated heterocycles. The molecule has 2 unspecified atom stereocenters. The number of hydrogen-bond acceptors (Lipinski definition) is 7. The molecule has 5 atom stereocenters. The van der Waals surface area contributed by atoms with Crippen LogP contribution in [0.4, 0.5) is 0 Å². The Hall–Kier alpha value is -2.34. The minimum Gasteiger partial charge on any atom is -0.599 e. The van der Waals surface area contributed by atoms with Gasteiger partial charge in [0.1, 0.15) is 13.2 Å². The number of quaternary nitrogens is 1. The standard InChI is InChI=1S/C21H26BCl2N3O7/c1-11(2)6-17(26-18(28)8-25-19(29)13-7-12(23)4-5-14(13)24)22-27(3)15(20(30)33-22)9-32-10-16(27)21(31)34-22/h4-5,7,11,15-17H,6,8-10H2,1-3H3,(H,25,29)(H,26,28)/t15-,16+,17-,22?,27?/m0/s1. The van der Waals surface area contributed by atoms with Gasteiger partial charge in [-0.1, -0.05) is 37.0 Å². The predicted octanol–water partition coefficient (Wildman–Crippen LogP) is 1.06. The average Bonchev–Trinajstić information content (AvgIpc) is 3.13. The summed E-state index contributed by atoms with van der Waals surface area (Å²) in [4.78, 5) is 50.9. The van der Waals surface area contributed by atoms with E-state index in [9.17, 15) is 19.2 Å². The molecule has 0 saturated carbocycles. The van der Waals surface area contributed by atoms with E-state index in [0.717, 1.165) is 0 Å². The maximum absolute atomic E-state index is 12.9. The fourth-order valence-electron chi connectivity index (χ4n) is 5.24. The van der Waals surface area contributed by atoms with Crippen LogP contribution in [0.5, 0.6) is 0 Å². The fourth-order valence-corrected chi connectivity index (χ4v) is 5.62. The summed E-state index contributed by atoms with van der Waals surface area (Å²) in [6.07, 6.45) is 0.383. The second-order valence-electron chi connectivity index (χ2n) is 9.50. The van der Waals surface area contributed by atoms with Gasteiger partial charge in [0.2, 0.25) is 5.91 Å². The molecule has 3 fully saturated rings. The van der Waals surface area contributed by atoms with Crippen molar-refractivity contribution in [2.45, 2.75) is 38.3 Å². The molecule has 3 aliphatic heterocycles. The Kier molecular flexibility index (Phi) is 6.58. The van der Waals surface area contributed by atoms with Gasteiger partial charge in [-0.15, -0.1) is 0 Å². The fraction of sp³-hybridized carbons (Fsp3) is 0.524. The Balaban J connectivity index is 1.54. The molecular formula is C21H26BCl2N3O7. The molecule has 0 aromatic heterocycles. The van der Waals surface area contributed by atoms with Crippen LogP contribution >= 0.6 is 23.2 Å². The van der Waals surface area contributed by atoms with Crippen molar-refractivity contribution in [3.05, 3.63) is 33.8 Å². The van der Waals surface area contributed by atoms with E-state index in [1.165, 1.54) is 12.1 Å². The quantitative estimate of drug-likeness (QED) is 0.523. The number of nitrogens with one attached hydrogen (secondary N) is 2. The number of halogens is 2. The first-order valence-electron chi connectivity index (χ1n) is 11.1. The van der Waals surface area contributed by atoms with Crippen molar-refractivity contribution >= 4 is 53.6 Å². The van der Waals surface area contributed by atoms with Gasteiger partial charge in [0.15, 0.2) is 12.1 Å². The lowest BCUT2D eigenvalue weighted by Gasteiger charge is -2.51. The van der Waals surface area contributed by atoms with E-state index in [0.29, 0.717) is 11.4 Å². The Morgan fingerprint density at radius 2 is 1.76 bits per heavy atom. The molecular weight excluding hydrogens is 488 g/mol. The molecule has 2 amide bonds. The Morgan fingerprint density at radius 3 is 2.35 bits per heavy atom. The van der Waals surface area contributed by atoms with Crippen LogP contribution in [0.15, 0.2) is 18.2 Å². The van der Waals surface area contributed by atoms with E-state index in [2.05, 4.69) is 10.6 Å². The Bertz CT molecular complexity index is 1030. The van der Waals surface area contributed by atoms with E-state index in [1.54, 1.807) is 13.1 Å². The van der Waals surface area contributed by atoms with Crippen LogP contribution in [-0.4, -0.2) is 79.7 Å². The highest BCUT2D eigenvalue weighted by molar-refractivity contribution is 6.68. The zero-order valence-corrected chi connectivity index (χ0v) is 20.5. The van der Waals surface area contributed by atoms with Crippen molar-refractivity contribution in [2.24, 2.45) is 5.92 Å². The Labute approximate surface area is 206 Å². The van der Waals surface area contributed by atoms with Gasteiger partial charge >= 0.3 is 18.6 Å². The number of hydrogen-bond donors (Lipinski definition) is 2. The van der Waals surface area contributed by atoms with E-state index in [-0.39, 0.29) is 40.7 Å². The Morgan fingerprint density at radius 1 is 1.15 bits per heavy atom. The second kappa shape index (κ2) is 9.03. The topological polar surface area (TPSA) is 120 Å². The first kappa shape index (κ1) is 24.8. The van der Waals surface area contributed by atoms with E-state index >= 15 is 0 Å². The molecule has 10 nitrogen and oxygen atoms in total. The average molecular weight is 514 g/mol. The maximum atomic E-state index is 12.9. The molecule has 34 heavy (non-hydrogen) atoms. The largest absolute Gasteiger partial charge is 0.606 e. The molecule has 0 radical (unpaired) electrons. The van der Waals surface area contributed by atoms with Crippen LogP contribution in [0.3, 0.4) is 0 Å². The number of amides is 2. The summed E-state index contributed by atoms with van der Waals surface area (Å²) in [6, 6.07) is 3.00. The van der Waals surface area contributed by atoms with E-state index < -0.39 is 48.5 Å². The molecule has 1 aromatic carbocycles. The maximum Gasteiger partial charge on any atom is 0.606 e. The van der Waals surface area contributed by atoms with Crippen molar-refractivity contribution in [3.63, 3.8) is 0 Å². The summed E-state index contributed by atoms with van der Waals surface area (Å²) in [5, 5.41) is 5.88. The number of carbonyl (C=O) groups excluding carboxylic acids is 4. The number of ether oxygens (including phenoxy) is 1. The molecule has 13 heteroatoms. The number of morpholine rings is 1. The first-order chi connectivity index (χ1) is 16.0. The normalized spacial score (nSPS) is 30.4. The molecule has 0 spiro atoms. The number of benzene rings is 1. The highest BCUT2D eigenvalue weighted by Gasteiger charge is 2.77. The van der Waals surface area contributed by atoms with E-state index in [1.807, 2.05) is 13.8 Å². The minimum atomic E-state index is -2.59. The third-order valence-electron chi connectivity index (χ3n) is 6.95. The number of nitrogens with zero attached hydrogens (tertiary/aromatic N) is 1. The third-order valence-corrected chi connectivity index (χ3v) is 7.51. The zero-order chi connectivity index (χ0) is 24.8. The van der Waals surface area contributed by atoms with Gasteiger partial charge in [0.25, 0.3) is 5.91 Å². The van der Waals surface area contributed by atoms with Crippen molar-refractivity contribution in [2.75, 3.05) is 26.8 Å². The summed E-state index contributed by atoms with van der Waals surface area (Å²) in [6.45, 7) is 1.12. The van der Waals surface area contributed by atoms with Crippen molar-refractivity contribution in [3.8, 4) is 0 Å². The van der Waals surface area contributed by atoms with Crippen molar-refractivity contribution < 1.29 is 37.6 Å². The minimum absolute atomic E-state index is 0.0737. The summed E-state index contributed by atoms with van der Waals surface area (Å²) < 4.78 is 17.0. The van der Waals surface area contributed by atoms with E-state index in [4.69, 9.17) is 37.2 Å². The first-order valence-corrected chi connectivity index (χ1v) is 11.8. The molecule has 1 aromatic rings. The van der Waals surface area contributed by atoms with Crippen LogP contribution in [0.25, 0.3) is 0 Å². The lowest BCUT2D eigenvalue weighted by atomic mass is 9.56. The van der Waals surface area contributed by atoms with Crippen LogP contribution in [0, 0.1) is 5.92 Å². The van der Waals surface area contributed by atoms with Crippen molar-refractivity contribution in [1.82, 2.24) is 10.6 Å². The number of rotatable bonds is 7. The molecule has 2 N–H and O–H groups in total. The summed E-state index contributed by atoms with van der Waals surface area (Å²) in [5.74, 6) is -2.86. The smallest absolute Gasteiger partial charge is 0.599 e. The molecule has 0 aliphatic carbocycles. The highest BCUT2D eigenvalue weighted by Crippen LogP contribution is 2.46. The monoisotopic (exact) mass is 513 g/mol. The third kappa shape index (κ3) is 3.94. The van der Waals surface area contributed by atoms with Crippen LogP contribution in [-0.2, 0) is 28.4 Å². The van der Waals surface area contributed by atoms with Gasteiger partial charge in [0.05, 0.1) is 23.1 Å². The van der Waals surface area contributed by atoms with Crippen LogP contribution in [0.1, 0.15) is 30.6 Å². The van der Waals surface area contributed by atoms with Crippen molar-refractivity contribution in [1.29, 1.82) is 0 Å². The molecule has 4 rings (SSSR count). The van der Waals surface area contributed by atoms with Crippen LogP contribution < -0.4 is 10.6 Å². The lowest BCUT2D eigenvalue weighted by Crippen LogP contribution is -2.77. The van der Waals surface area contributed by atoms with Crippen LogP contribution in [0.2, 0.25) is 10.0 Å². The van der Waals surface area contributed by atoms with Gasteiger partial charge in [-0.2, -0.15) is 0 Å². The van der Waals surface area contributed by atoms with Gasteiger partial charge < -0.3 is 29.1 Å². The predicted molar refractivity (Wildman–Crippen MR) is 123 cm³/mol. The lowest BCUT2D eigenvalue weighted by molar-refractivity contribution is -0.854. The van der Waals surface area contributed by atoms with Gasteiger partial charge in [-0.05, 0) is 30.5 Å². The molecule has 0 bridgehead atoms. The molecule has 184 valence electrons. The number of carbonyl (C=O) groups is 4.